The highest BCUT2D eigenvalue weighted by Gasteiger charge is 2.27. The van der Waals surface area contributed by atoms with Crippen LogP contribution in [0.15, 0.2) is 48.8 Å². The first-order valence-electron chi connectivity index (χ1n) is 12.5. The number of carbonyl (C=O) groups excluding carboxylic acids is 2. The minimum atomic E-state index is -0.344. The Kier molecular flexibility index (Phi) is 8.89. The van der Waals surface area contributed by atoms with Crippen molar-refractivity contribution in [1.29, 1.82) is 0 Å². The van der Waals surface area contributed by atoms with Gasteiger partial charge in [-0.1, -0.05) is 26.8 Å². The van der Waals surface area contributed by atoms with Crippen LogP contribution in [-0.2, 0) is 6.42 Å². The summed E-state index contributed by atoms with van der Waals surface area (Å²) in [7, 11) is 0. The van der Waals surface area contributed by atoms with Gasteiger partial charge in [-0.15, -0.1) is 0 Å². The molecule has 1 saturated heterocycles. The first-order chi connectivity index (χ1) is 16.5. The number of pyridine rings is 1. The van der Waals surface area contributed by atoms with Gasteiger partial charge in [0.1, 0.15) is 5.75 Å². The number of piperazine rings is 1. The molecule has 2 heterocycles. The molecule has 0 atom stereocenters. The Hall–Kier alpha value is -2.93. The molecule has 7 nitrogen and oxygen atoms in total. The Morgan fingerprint density at radius 1 is 1.00 bits per heavy atom. The van der Waals surface area contributed by atoms with E-state index in [1.165, 1.54) is 5.56 Å². The van der Waals surface area contributed by atoms with E-state index in [-0.39, 0.29) is 23.0 Å². The Morgan fingerprint density at radius 3 is 2.29 bits per heavy atom. The van der Waals surface area contributed by atoms with Crippen molar-refractivity contribution >= 4 is 12.0 Å². The maximum absolute atomic E-state index is 12.7. The predicted molar refractivity (Wildman–Crippen MR) is 139 cm³/mol. The van der Waals surface area contributed by atoms with Gasteiger partial charge in [-0.25, -0.2) is 4.79 Å². The van der Waals surface area contributed by atoms with Crippen LogP contribution in [0.2, 0.25) is 0 Å². The van der Waals surface area contributed by atoms with E-state index in [4.69, 9.17) is 4.74 Å². The number of nitrogens with zero attached hydrogens (tertiary/aromatic N) is 3. The van der Waals surface area contributed by atoms with E-state index in [1.807, 2.05) is 26.1 Å². The van der Waals surface area contributed by atoms with Gasteiger partial charge in [0.25, 0.3) is 5.91 Å². The molecule has 3 rings (SSSR count). The molecule has 0 aliphatic carbocycles. The highest BCUT2D eigenvalue weighted by molar-refractivity contribution is 5.94. The van der Waals surface area contributed by atoms with Crippen molar-refractivity contribution in [3.8, 4) is 5.75 Å². The van der Waals surface area contributed by atoms with Crippen molar-refractivity contribution in [3.63, 3.8) is 0 Å². The van der Waals surface area contributed by atoms with Gasteiger partial charge in [-0.05, 0) is 81.0 Å². The summed E-state index contributed by atoms with van der Waals surface area (Å²) in [4.78, 5) is 33.6. The summed E-state index contributed by atoms with van der Waals surface area (Å²) in [6.07, 6.45) is 6.31. The SMILES string of the molecule is CC(C)(C)CC(C)(C)NC(=O)c1ccc(OC(=O)N2CCN(CCCc3cccnc3)CC2)cc1. The number of amides is 2. The molecule has 190 valence electrons. The molecule has 0 unspecified atom stereocenters. The smallest absolute Gasteiger partial charge is 0.410 e. The molecule has 0 saturated carbocycles. The molecule has 35 heavy (non-hydrogen) atoms. The average molecular weight is 481 g/mol. The average Bonchev–Trinajstić information content (AvgIpc) is 2.78. The molecule has 1 N–H and O–H groups in total. The zero-order valence-electron chi connectivity index (χ0n) is 21.8. The maximum Gasteiger partial charge on any atom is 0.415 e. The Balaban J connectivity index is 1.41. The van der Waals surface area contributed by atoms with Crippen LogP contribution in [-0.4, -0.2) is 65.0 Å². The van der Waals surface area contributed by atoms with Gasteiger partial charge in [-0.2, -0.15) is 0 Å². The molecule has 2 aromatic rings. The number of carbonyl (C=O) groups is 2. The summed E-state index contributed by atoms with van der Waals surface area (Å²) >= 11 is 0. The fourth-order valence-electron chi connectivity index (χ4n) is 4.80. The molecule has 7 heteroatoms. The van der Waals surface area contributed by atoms with Gasteiger partial charge in [0, 0.05) is 49.7 Å². The van der Waals surface area contributed by atoms with Crippen molar-refractivity contribution < 1.29 is 14.3 Å². The van der Waals surface area contributed by atoms with Crippen LogP contribution in [0.1, 0.15) is 63.4 Å². The molecule has 1 aromatic heterocycles. The quantitative estimate of drug-likeness (QED) is 0.589. The molecule has 1 aliphatic heterocycles. The molecule has 0 bridgehead atoms. The molecule has 0 radical (unpaired) electrons. The lowest BCUT2D eigenvalue weighted by molar-refractivity contribution is 0.0891. The standard InChI is InChI=1S/C28H40N4O3/c1-27(2,3)21-28(4,5)30-25(33)23-10-12-24(13-11-23)35-26(34)32-18-16-31(17-19-32)15-7-9-22-8-6-14-29-20-22/h6,8,10-14,20H,7,9,15-19,21H2,1-5H3,(H,30,33). The van der Waals surface area contributed by atoms with Crippen LogP contribution in [0.25, 0.3) is 0 Å². The summed E-state index contributed by atoms with van der Waals surface area (Å²) in [5.74, 6) is 0.316. The minimum absolute atomic E-state index is 0.111. The highest BCUT2D eigenvalue weighted by Crippen LogP contribution is 2.27. The molecule has 2 amide bonds. The molecule has 1 fully saturated rings. The lowest BCUT2D eigenvalue weighted by Gasteiger charge is -2.34. The predicted octanol–water partition coefficient (Wildman–Crippen LogP) is 4.78. The number of benzene rings is 1. The van der Waals surface area contributed by atoms with Gasteiger partial charge in [0.05, 0.1) is 0 Å². The molecular formula is C28H40N4O3. The largest absolute Gasteiger partial charge is 0.415 e. The lowest BCUT2D eigenvalue weighted by Crippen LogP contribution is -2.49. The summed E-state index contributed by atoms with van der Waals surface area (Å²) in [5.41, 5.74) is 1.60. The Morgan fingerprint density at radius 2 is 1.69 bits per heavy atom. The molecule has 1 aliphatic rings. The van der Waals surface area contributed by atoms with Gasteiger partial charge in [-0.3, -0.25) is 14.7 Å². The second kappa shape index (κ2) is 11.7. The van der Waals surface area contributed by atoms with Gasteiger partial charge < -0.3 is 15.0 Å². The summed E-state index contributed by atoms with van der Waals surface area (Å²) in [6, 6.07) is 10.8. The fraction of sp³-hybridized carbons (Fsp3) is 0.536. The monoisotopic (exact) mass is 480 g/mol. The number of nitrogens with one attached hydrogen (secondary N) is 1. The summed E-state index contributed by atoms with van der Waals surface area (Å²) < 4.78 is 5.56. The second-order valence-electron chi connectivity index (χ2n) is 11.3. The molecule has 0 spiro atoms. The third-order valence-corrected chi connectivity index (χ3v) is 6.04. The van der Waals surface area contributed by atoms with E-state index in [1.54, 1.807) is 35.4 Å². The fourth-order valence-corrected chi connectivity index (χ4v) is 4.80. The van der Waals surface area contributed by atoms with E-state index in [0.29, 0.717) is 24.4 Å². The summed E-state index contributed by atoms with van der Waals surface area (Å²) in [6.45, 7) is 14.5. The number of hydrogen-bond acceptors (Lipinski definition) is 5. The third-order valence-electron chi connectivity index (χ3n) is 6.04. The van der Waals surface area contributed by atoms with Crippen LogP contribution < -0.4 is 10.1 Å². The van der Waals surface area contributed by atoms with Crippen molar-refractivity contribution in [2.24, 2.45) is 5.41 Å². The molecule has 1 aromatic carbocycles. The van der Waals surface area contributed by atoms with Crippen molar-refractivity contribution in [1.82, 2.24) is 20.1 Å². The number of hydrogen-bond donors (Lipinski definition) is 1. The normalized spacial score (nSPS) is 15.1. The second-order valence-corrected chi connectivity index (χ2v) is 11.3. The third kappa shape index (κ3) is 8.98. The minimum Gasteiger partial charge on any atom is -0.410 e. The van der Waals surface area contributed by atoms with Gasteiger partial charge in [0.2, 0.25) is 0 Å². The Bertz CT molecular complexity index is 960. The Labute approximate surface area is 209 Å². The lowest BCUT2D eigenvalue weighted by atomic mass is 9.81. The first kappa shape index (κ1) is 26.7. The van der Waals surface area contributed by atoms with Gasteiger partial charge in [0.15, 0.2) is 0 Å². The van der Waals surface area contributed by atoms with Crippen LogP contribution in [0.5, 0.6) is 5.75 Å². The number of aryl methyl sites for hydroxylation is 1. The van der Waals surface area contributed by atoms with E-state index in [2.05, 4.69) is 42.0 Å². The van der Waals surface area contributed by atoms with E-state index in [0.717, 1.165) is 38.9 Å². The van der Waals surface area contributed by atoms with E-state index < -0.39 is 0 Å². The van der Waals surface area contributed by atoms with Crippen molar-refractivity contribution in [2.45, 2.75) is 59.4 Å². The van der Waals surface area contributed by atoms with Crippen LogP contribution >= 0.6 is 0 Å². The zero-order valence-corrected chi connectivity index (χ0v) is 21.8. The number of ether oxygens (including phenoxy) is 1. The highest BCUT2D eigenvalue weighted by atomic mass is 16.6. The number of aromatic nitrogens is 1. The topological polar surface area (TPSA) is 74.8 Å². The van der Waals surface area contributed by atoms with Crippen molar-refractivity contribution in [2.75, 3.05) is 32.7 Å². The van der Waals surface area contributed by atoms with E-state index in [9.17, 15) is 9.59 Å². The zero-order chi connectivity index (χ0) is 25.5. The van der Waals surface area contributed by atoms with Crippen LogP contribution in [0.4, 0.5) is 4.79 Å². The summed E-state index contributed by atoms with van der Waals surface area (Å²) in [5, 5.41) is 3.11. The van der Waals surface area contributed by atoms with Crippen LogP contribution in [0.3, 0.4) is 0 Å². The number of rotatable bonds is 8. The first-order valence-corrected chi connectivity index (χ1v) is 12.5. The van der Waals surface area contributed by atoms with Crippen LogP contribution in [0, 0.1) is 5.41 Å². The van der Waals surface area contributed by atoms with Crippen molar-refractivity contribution in [3.05, 3.63) is 59.9 Å². The molecular weight excluding hydrogens is 440 g/mol. The van der Waals surface area contributed by atoms with Gasteiger partial charge >= 0.3 is 6.09 Å². The maximum atomic E-state index is 12.7. The van der Waals surface area contributed by atoms with E-state index >= 15 is 0 Å².